The van der Waals surface area contributed by atoms with Crippen LogP contribution < -0.4 is 5.32 Å². The van der Waals surface area contributed by atoms with E-state index in [9.17, 15) is 10.1 Å². The predicted octanol–water partition coefficient (Wildman–Crippen LogP) is 1.23. The molecule has 0 amide bonds. The summed E-state index contributed by atoms with van der Waals surface area (Å²) in [6, 6.07) is 3.64. The van der Waals surface area contributed by atoms with Crippen LogP contribution in [0, 0.1) is 22.0 Å². The van der Waals surface area contributed by atoms with Gasteiger partial charge < -0.3 is 9.73 Å². The van der Waals surface area contributed by atoms with Gasteiger partial charge in [0.25, 0.3) is 0 Å². The van der Waals surface area contributed by atoms with Crippen LogP contribution in [0.4, 0.5) is 5.88 Å². The van der Waals surface area contributed by atoms with Gasteiger partial charge in [-0.05, 0) is 37.9 Å². The third kappa shape index (κ3) is 1.91. The Hall–Kier alpha value is -1.40. The number of hydrogen-bond acceptors (Lipinski definition) is 5. The summed E-state index contributed by atoms with van der Waals surface area (Å²) in [6.07, 6.45) is 0. The molecule has 18 heavy (non-hydrogen) atoms. The summed E-state index contributed by atoms with van der Waals surface area (Å²) in [5.74, 6) is 1.93. The van der Waals surface area contributed by atoms with E-state index in [1.54, 1.807) is 6.07 Å². The van der Waals surface area contributed by atoms with Gasteiger partial charge in [-0.15, -0.1) is 0 Å². The lowest BCUT2D eigenvalue weighted by molar-refractivity contribution is -0.402. The molecule has 1 aromatic heterocycles. The number of hydrogen-bond donors (Lipinski definition) is 1. The average Bonchev–Trinajstić information content (AvgIpc) is 2.99. The molecule has 0 bridgehead atoms. The molecule has 0 radical (unpaired) electrons. The maximum Gasteiger partial charge on any atom is 0.433 e. The quantitative estimate of drug-likeness (QED) is 0.646. The summed E-state index contributed by atoms with van der Waals surface area (Å²) in [7, 11) is 0. The summed E-state index contributed by atoms with van der Waals surface area (Å²) in [5.41, 5.74) is 0. The highest BCUT2D eigenvalue weighted by atomic mass is 16.6. The molecule has 1 N–H and O–H groups in total. The zero-order valence-electron chi connectivity index (χ0n) is 10.3. The van der Waals surface area contributed by atoms with Gasteiger partial charge in [0.2, 0.25) is 0 Å². The van der Waals surface area contributed by atoms with Crippen molar-refractivity contribution in [1.82, 2.24) is 10.2 Å². The van der Waals surface area contributed by atoms with Gasteiger partial charge in [0, 0.05) is 12.6 Å². The van der Waals surface area contributed by atoms with Crippen LogP contribution in [0.2, 0.25) is 0 Å². The van der Waals surface area contributed by atoms with E-state index in [0.29, 0.717) is 30.2 Å². The second-order valence-corrected chi connectivity index (χ2v) is 5.25. The van der Waals surface area contributed by atoms with Crippen molar-refractivity contribution in [3.8, 4) is 0 Å². The molecule has 2 saturated heterocycles. The highest BCUT2D eigenvalue weighted by molar-refractivity contribution is 5.18. The third-order valence-corrected chi connectivity index (χ3v) is 4.24. The van der Waals surface area contributed by atoms with E-state index in [2.05, 4.69) is 17.1 Å². The Morgan fingerprint density at radius 1 is 1.56 bits per heavy atom. The first-order chi connectivity index (χ1) is 8.65. The van der Waals surface area contributed by atoms with Crippen molar-refractivity contribution in [3.05, 3.63) is 28.0 Å². The predicted molar refractivity (Wildman–Crippen MR) is 65.1 cm³/mol. The molecular weight excluding hydrogens is 234 g/mol. The van der Waals surface area contributed by atoms with Crippen LogP contribution in [0.1, 0.15) is 12.7 Å². The van der Waals surface area contributed by atoms with Gasteiger partial charge >= 0.3 is 5.88 Å². The maximum atomic E-state index is 10.6. The van der Waals surface area contributed by atoms with Gasteiger partial charge in [-0.2, -0.15) is 0 Å². The third-order valence-electron chi connectivity index (χ3n) is 4.24. The van der Waals surface area contributed by atoms with Gasteiger partial charge in [-0.1, -0.05) is 0 Å². The molecule has 2 fully saturated rings. The average molecular weight is 251 g/mol. The van der Waals surface area contributed by atoms with Crippen LogP contribution in [0.5, 0.6) is 0 Å². The Morgan fingerprint density at radius 2 is 2.39 bits per heavy atom. The van der Waals surface area contributed by atoms with E-state index in [1.807, 2.05) is 0 Å². The maximum absolute atomic E-state index is 10.6. The lowest BCUT2D eigenvalue weighted by atomic mass is 9.95. The van der Waals surface area contributed by atoms with Crippen molar-refractivity contribution in [1.29, 1.82) is 0 Å². The van der Waals surface area contributed by atoms with Crippen LogP contribution >= 0.6 is 0 Å². The zero-order valence-corrected chi connectivity index (χ0v) is 10.3. The van der Waals surface area contributed by atoms with Gasteiger partial charge in [0.15, 0.2) is 0 Å². The molecule has 3 rings (SSSR count). The SMILES string of the molecule is CC1C2CNCC2CN1Cc1ccc([N+](=O)[O-])o1. The van der Waals surface area contributed by atoms with Gasteiger partial charge in [-0.25, -0.2) is 0 Å². The van der Waals surface area contributed by atoms with Crippen molar-refractivity contribution in [3.63, 3.8) is 0 Å². The molecule has 0 aliphatic carbocycles. The van der Waals surface area contributed by atoms with Crippen molar-refractivity contribution in [2.75, 3.05) is 19.6 Å². The second kappa shape index (κ2) is 4.37. The molecular formula is C12H17N3O3. The van der Waals surface area contributed by atoms with Crippen LogP contribution in [-0.4, -0.2) is 35.5 Å². The number of furan rings is 1. The van der Waals surface area contributed by atoms with E-state index in [-0.39, 0.29) is 5.88 Å². The molecule has 6 heteroatoms. The Kier molecular flexibility index (Phi) is 2.83. The van der Waals surface area contributed by atoms with E-state index in [4.69, 9.17) is 4.42 Å². The zero-order chi connectivity index (χ0) is 12.7. The second-order valence-electron chi connectivity index (χ2n) is 5.25. The Labute approximate surface area is 105 Å². The molecule has 6 nitrogen and oxygen atoms in total. The molecule has 2 aliphatic rings. The minimum Gasteiger partial charge on any atom is -0.404 e. The van der Waals surface area contributed by atoms with Crippen molar-refractivity contribution in [2.24, 2.45) is 11.8 Å². The number of fused-ring (bicyclic) bond motifs is 1. The summed E-state index contributed by atoms with van der Waals surface area (Å²) >= 11 is 0. The lowest BCUT2D eigenvalue weighted by Gasteiger charge is -2.22. The van der Waals surface area contributed by atoms with Crippen molar-refractivity contribution in [2.45, 2.75) is 19.5 Å². The fourth-order valence-electron chi connectivity index (χ4n) is 3.21. The minimum absolute atomic E-state index is 0.168. The number of nitrogens with one attached hydrogen (secondary N) is 1. The molecule has 0 spiro atoms. The van der Waals surface area contributed by atoms with Crippen LogP contribution in [-0.2, 0) is 6.54 Å². The minimum atomic E-state index is -0.491. The molecule has 0 saturated carbocycles. The number of nitro groups is 1. The standard InChI is InChI=1S/C12H17N3O3/c1-8-11-5-13-4-9(11)6-14(8)7-10-2-3-12(18-10)15(16)17/h2-3,8-9,11,13H,4-7H2,1H3. The topological polar surface area (TPSA) is 71.5 Å². The molecule has 3 unspecified atom stereocenters. The fraction of sp³-hybridized carbons (Fsp3) is 0.667. The monoisotopic (exact) mass is 251 g/mol. The first-order valence-corrected chi connectivity index (χ1v) is 6.33. The van der Waals surface area contributed by atoms with Crippen LogP contribution in [0.15, 0.2) is 16.5 Å². The van der Waals surface area contributed by atoms with Gasteiger partial charge in [0.05, 0.1) is 12.6 Å². The molecule has 2 aliphatic heterocycles. The Balaban J connectivity index is 1.67. The molecule has 1 aromatic rings. The van der Waals surface area contributed by atoms with Crippen molar-refractivity contribution < 1.29 is 9.34 Å². The highest BCUT2D eigenvalue weighted by Crippen LogP contribution is 2.33. The summed E-state index contributed by atoms with van der Waals surface area (Å²) < 4.78 is 5.22. The largest absolute Gasteiger partial charge is 0.433 e. The Morgan fingerprint density at radius 3 is 3.06 bits per heavy atom. The molecule has 3 heterocycles. The van der Waals surface area contributed by atoms with Crippen molar-refractivity contribution >= 4 is 5.88 Å². The summed E-state index contributed by atoms with van der Waals surface area (Å²) in [4.78, 5) is 12.4. The number of likely N-dealkylation sites (tertiary alicyclic amines) is 1. The Bertz CT molecular complexity index is 459. The van der Waals surface area contributed by atoms with E-state index < -0.39 is 4.92 Å². The van der Waals surface area contributed by atoms with Crippen LogP contribution in [0.25, 0.3) is 0 Å². The smallest absolute Gasteiger partial charge is 0.404 e. The number of rotatable bonds is 3. The summed E-state index contributed by atoms with van der Waals surface area (Å²) in [6.45, 7) is 6.12. The molecule has 3 atom stereocenters. The van der Waals surface area contributed by atoms with E-state index in [1.165, 1.54) is 6.07 Å². The van der Waals surface area contributed by atoms with Gasteiger partial charge in [-0.3, -0.25) is 15.0 Å². The van der Waals surface area contributed by atoms with E-state index >= 15 is 0 Å². The normalized spacial score (nSPS) is 31.7. The van der Waals surface area contributed by atoms with Crippen LogP contribution in [0.3, 0.4) is 0 Å². The van der Waals surface area contributed by atoms with Gasteiger partial charge in [0.1, 0.15) is 10.7 Å². The lowest BCUT2D eigenvalue weighted by Crippen LogP contribution is -2.32. The number of nitrogens with zero attached hydrogens (tertiary/aromatic N) is 2. The van der Waals surface area contributed by atoms with E-state index in [0.717, 1.165) is 19.6 Å². The first-order valence-electron chi connectivity index (χ1n) is 6.33. The highest BCUT2D eigenvalue weighted by Gasteiger charge is 2.41. The fourth-order valence-corrected chi connectivity index (χ4v) is 3.21. The molecule has 0 aromatic carbocycles. The molecule has 98 valence electrons. The first kappa shape index (κ1) is 11.7. The summed E-state index contributed by atoms with van der Waals surface area (Å²) in [5, 5.41) is 14.0.